The number of aromatic amines is 1. The van der Waals surface area contributed by atoms with Crippen LogP contribution in [0.3, 0.4) is 0 Å². The molecule has 2 aromatic rings. The predicted octanol–water partition coefficient (Wildman–Crippen LogP) is 1.55. The molecular weight excluding hydrogens is 312 g/mol. The molecule has 0 saturated carbocycles. The van der Waals surface area contributed by atoms with Crippen LogP contribution in [0, 0.1) is 0 Å². The van der Waals surface area contributed by atoms with E-state index in [-0.39, 0.29) is 6.10 Å². The minimum atomic E-state index is -0.958. The first-order valence-corrected chi connectivity index (χ1v) is 9.26. The molecule has 0 bridgehead atoms. The highest BCUT2D eigenvalue weighted by Crippen LogP contribution is 2.19. The molecular formula is C16H22N4O2S. The molecule has 124 valence electrons. The second-order valence-electron chi connectivity index (χ2n) is 5.52. The van der Waals surface area contributed by atoms with E-state index in [1.54, 1.807) is 0 Å². The smallest absolute Gasteiger partial charge is 0.180 e. The first-order chi connectivity index (χ1) is 11.3. The lowest BCUT2D eigenvalue weighted by molar-refractivity contribution is -0.0321. The van der Waals surface area contributed by atoms with E-state index in [9.17, 15) is 4.21 Å². The Morgan fingerprint density at radius 3 is 2.96 bits per heavy atom. The molecule has 1 saturated heterocycles. The van der Waals surface area contributed by atoms with Crippen LogP contribution in [0.5, 0.6) is 0 Å². The highest BCUT2D eigenvalue weighted by atomic mass is 32.2. The van der Waals surface area contributed by atoms with Crippen molar-refractivity contribution in [2.24, 2.45) is 0 Å². The van der Waals surface area contributed by atoms with Crippen LogP contribution < -0.4 is 0 Å². The average Bonchev–Trinajstić information content (AvgIpc) is 3.10. The number of hydrogen-bond donors (Lipinski definition) is 1. The fraction of sp³-hybridized carbons (Fsp3) is 0.500. The maximum absolute atomic E-state index is 12.3. The van der Waals surface area contributed by atoms with Crippen LogP contribution >= 0.6 is 0 Å². The Morgan fingerprint density at radius 2 is 2.22 bits per heavy atom. The van der Waals surface area contributed by atoms with Gasteiger partial charge in [-0.15, -0.1) is 0 Å². The first kappa shape index (κ1) is 16.3. The SMILES string of the molecule is CCc1nc([C@@H]2CN(CC[S@@](=O)c3ccccc3)CCO2)n[nH]1. The highest BCUT2D eigenvalue weighted by Gasteiger charge is 2.25. The summed E-state index contributed by atoms with van der Waals surface area (Å²) in [7, 11) is -0.958. The van der Waals surface area contributed by atoms with Crippen LogP contribution in [0.2, 0.25) is 0 Å². The van der Waals surface area contributed by atoms with Crippen LogP contribution in [0.15, 0.2) is 35.2 Å². The van der Waals surface area contributed by atoms with Gasteiger partial charge in [-0.25, -0.2) is 4.98 Å². The van der Waals surface area contributed by atoms with Gasteiger partial charge in [0.25, 0.3) is 0 Å². The number of rotatable bonds is 6. The molecule has 0 aliphatic carbocycles. The molecule has 0 spiro atoms. The van der Waals surface area contributed by atoms with E-state index in [0.29, 0.717) is 12.4 Å². The van der Waals surface area contributed by atoms with Gasteiger partial charge in [0.05, 0.1) is 17.4 Å². The Hall–Kier alpha value is -1.57. The highest BCUT2D eigenvalue weighted by molar-refractivity contribution is 7.85. The minimum absolute atomic E-state index is 0.106. The molecule has 1 aliphatic rings. The Kier molecular flexibility index (Phi) is 5.53. The molecule has 0 amide bonds. The molecule has 2 heterocycles. The van der Waals surface area contributed by atoms with Gasteiger partial charge in [0.1, 0.15) is 11.9 Å². The van der Waals surface area contributed by atoms with Gasteiger partial charge in [0.2, 0.25) is 0 Å². The molecule has 0 radical (unpaired) electrons. The summed E-state index contributed by atoms with van der Waals surface area (Å²) >= 11 is 0. The van der Waals surface area contributed by atoms with Gasteiger partial charge in [-0.05, 0) is 12.1 Å². The minimum Gasteiger partial charge on any atom is -0.367 e. The predicted molar refractivity (Wildman–Crippen MR) is 88.6 cm³/mol. The van der Waals surface area contributed by atoms with E-state index in [4.69, 9.17) is 4.74 Å². The van der Waals surface area contributed by atoms with Crippen molar-refractivity contribution in [2.45, 2.75) is 24.3 Å². The van der Waals surface area contributed by atoms with Crippen molar-refractivity contribution in [3.8, 4) is 0 Å². The third-order valence-electron chi connectivity index (χ3n) is 3.92. The number of nitrogens with one attached hydrogen (secondary N) is 1. The van der Waals surface area contributed by atoms with E-state index in [1.807, 2.05) is 37.3 Å². The second kappa shape index (κ2) is 7.81. The molecule has 1 fully saturated rings. The molecule has 1 aliphatic heterocycles. The lowest BCUT2D eigenvalue weighted by Gasteiger charge is -2.31. The lowest BCUT2D eigenvalue weighted by Crippen LogP contribution is -2.40. The summed E-state index contributed by atoms with van der Waals surface area (Å²) in [5, 5.41) is 7.17. The molecule has 2 atom stereocenters. The van der Waals surface area contributed by atoms with Crippen LogP contribution in [0.4, 0.5) is 0 Å². The summed E-state index contributed by atoms with van der Waals surface area (Å²) in [6.45, 7) is 5.07. The van der Waals surface area contributed by atoms with Crippen molar-refractivity contribution in [1.82, 2.24) is 20.1 Å². The van der Waals surface area contributed by atoms with E-state index >= 15 is 0 Å². The Morgan fingerprint density at radius 1 is 1.39 bits per heavy atom. The van der Waals surface area contributed by atoms with Crippen LogP contribution in [-0.2, 0) is 22.0 Å². The van der Waals surface area contributed by atoms with Crippen molar-refractivity contribution in [1.29, 1.82) is 0 Å². The number of benzene rings is 1. The third kappa shape index (κ3) is 4.25. The summed E-state index contributed by atoms with van der Waals surface area (Å²) in [6.07, 6.45) is 0.727. The fourth-order valence-corrected chi connectivity index (χ4v) is 3.70. The molecule has 7 heteroatoms. The Bertz CT molecular complexity index is 647. The zero-order valence-corrected chi connectivity index (χ0v) is 14.1. The summed E-state index contributed by atoms with van der Waals surface area (Å²) in [4.78, 5) is 7.61. The fourth-order valence-electron chi connectivity index (χ4n) is 2.58. The number of H-pyrrole nitrogens is 1. The summed E-state index contributed by atoms with van der Waals surface area (Å²) < 4.78 is 18.1. The van der Waals surface area contributed by atoms with E-state index in [0.717, 1.165) is 42.6 Å². The molecule has 23 heavy (non-hydrogen) atoms. The topological polar surface area (TPSA) is 71.1 Å². The number of morpholine rings is 1. The van der Waals surface area contributed by atoms with Gasteiger partial charge in [0, 0.05) is 36.7 Å². The van der Waals surface area contributed by atoms with Crippen molar-refractivity contribution in [3.05, 3.63) is 42.0 Å². The van der Waals surface area contributed by atoms with Crippen LogP contribution in [0.25, 0.3) is 0 Å². The summed E-state index contributed by atoms with van der Waals surface area (Å²) in [6, 6.07) is 9.62. The lowest BCUT2D eigenvalue weighted by atomic mass is 10.2. The molecule has 1 N–H and O–H groups in total. The van der Waals surface area contributed by atoms with Crippen LogP contribution in [-0.4, -0.2) is 56.3 Å². The van der Waals surface area contributed by atoms with Gasteiger partial charge in [-0.3, -0.25) is 14.2 Å². The van der Waals surface area contributed by atoms with Crippen molar-refractivity contribution in [3.63, 3.8) is 0 Å². The number of nitrogens with zero attached hydrogens (tertiary/aromatic N) is 3. The monoisotopic (exact) mass is 334 g/mol. The zero-order chi connectivity index (χ0) is 16.1. The van der Waals surface area contributed by atoms with E-state index in [1.165, 1.54) is 0 Å². The van der Waals surface area contributed by atoms with Crippen LogP contribution in [0.1, 0.15) is 24.7 Å². The number of aryl methyl sites for hydroxylation is 1. The van der Waals surface area contributed by atoms with Gasteiger partial charge in [0.15, 0.2) is 5.82 Å². The van der Waals surface area contributed by atoms with Gasteiger partial charge < -0.3 is 4.74 Å². The van der Waals surface area contributed by atoms with Crippen molar-refractivity contribution in [2.75, 3.05) is 32.0 Å². The van der Waals surface area contributed by atoms with E-state index < -0.39 is 10.8 Å². The summed E-state index contributed by atoms with van der Waals surface area (Å²) in [5.74, 6) is 2.23. The third-order valence-corrected chi connectivity index (χ3v) is 5.27. The average molecular weight is 334 g/mol. The number of aromatic nitrogens is 3. The molecule has 6 nitrogen and oxygen atoms in total. The Labute approximate surface area is 138 Å². The summed E-state index contributed by atoms with van der Waals surface area (Å²) in [5.41, 5.74) is 0. The van der Waals surface area contributed by atoms with Gasteiger partial charge in [-0.2, -0.15) is 5.10 Å². The molecule has 3 rings (SSSR count). The largest absolute Gasteiger partial charge is 0.367 e. The maximum Gasteiger partial charge on any atom is 0.180 e. The van der Waals surface area contributed by atoms with Gasteiger partial charge >= 0.3 is 0 Å². The van der Waals surface area contributed by atoms with Crippen molar-refractivity contribution < 1.29 is 8.95 Å². The maximum atomic E-state index is 12.3. The first-order valence-electron chi connectivity index (χ1n) is 7.95. The second-order valence-corrected chi connectivity index (χ2v) is 7.09. The normalized spacial score (nSPS) is 20.5. The standard InChI is InChI=1S/C16H22N4O2S/c1-2-15-17-16(19-18-15)14-12-20(8-10-22-14)9-11-23(21)13-6-4-3-5-7-13/h3-7,14H,2,8-12H2,1H3,(H,17,18,19)/t14-,23+/m0/s1. The van der Waals surface area contributed by atoms with Gasteiger partial charge in [-0.1, -0.05) is 25.1 Å². The Balaban J connectivity index is 1.53. The molecule has 0 unspecified atom stereocenters. The number of ether oxygens (including phenoxy) is 1. The molecule has 1 aromatic heterocycles. The zero-order valence-electron chi connectivity index (χ0n) is 13.3. The van der Waals surface area contributed by atoms with E-state index in [2.05, 4.69) is 20.1 Å². The van der Waals surface area contributed by atoms with Crippen molar-refractivity contribution >= 4 is 10.8 Å². The molecule has 1 aromatic carbocycles. The number of hydrogen-bond acceptors (Lipinski definition) is 5. The quantitative estimate of drug-likeness (QED) is 0.868.